The maximum atomic E-state index is 12.5. The van der Waals surface area contributed by atoms with Crippen molar-refractivity contribution in [1.29, 1.82) is 0 Å². The summed E-state index contributed by atoms with van der Waals surface area (Å²) in [4.78, 5) is 12.5. The molecule has 0 saturated carbocycles. The zero-order valence-corrected chi connectivity index (χ0v) is 11.6. The summed E-state index contributed by atoms with van der Waals surface area (Å²) in [5, 5.41) is 40.7. The van der Waals surface area contributed by atoms with Gasteiger partial charge in [-0.2, -0.15) is 0 Å². The van der Waals surface area contributed by atoms with Gasteiger partial charge < -0.3 is 25.2 Å². The van der Waals surface area contributed by atoms with Crippen LogP contribution in [-0.4, -0.2) is 56.9 Å². The first-order valence-electron chi connectivity index (χ1n) is 6.88. The van der Waals surface area contributed by atoms with Gasteiger partial charge in [0.25, 0.3) is 5.79 Å². The molecule has 116 valence electrons. The number of aliphatic hydroxyl groups is 4. The monoisotopic (exact) mass is 304 g/mol. The van der Waals surface area contributed by atoms with E-state index in [-0.39, 0.29) is 5.56 Å². The van der Waals surface area contributed by atoms with Crippen LogP contribution >= 0.6 is 0 Å². The van der Waals surface area contributed by atoms with Crippen molar-refractivity contribution in [2.75, 3.05) is 6.61 Å². The molecule has 22 heavy (non-hydrogen) atoms. The Morgan fingerprint density at radius 1 is 1.14 bits per heavy atom. The van der Waals surface area contributed by atoms with Crippen molar-refractivity contribution < 1.29 is 30.0 Å². The van der Waals surface area contributed by atoms with Gasteiger partial charge in [-0.1, -0.05) is 36.4 Å². The number of aliphatic hydroxyl groups excluding tert-OH is 3. The minimum absolute atomic E-state index is 0.144. The molecule has 2 aromatic rings. The fourth-order valence-corrected chi connectivity index (χ4v) is 2.68. The lowest BCUT2D eigenvalue weighted by Crippen LogP contribution is -2.49. The second kappa shape index (κ2) is 5.42. The highest BCUT2D eigenvalue weighted by molar-refractivity contribution is 6.04. The van der Waals surface area contributed by atoms with Gasteiger partial charge in [0.2, 0.25) is 5.78 Å². The Morgan fingerprint density at radius 2 is 1.82 bits per heavy atom. The van der Waals surface area contributed by atoms with Gasteiger partial charge in [0.1, 0.15) is 18.3 Å². The third kappa shape index (κ3) is 2.22. The van der Waals surface area contributed by atoms with Crippen molar-refractivity contribution in [3.05, 3.63) is 48.0 Å². The summed E-state index contributed by atoms with van der Waals surface area (Å²) in [5.74, 6) is -3.43. The molecule has 4 N–H and O–H groups in total. The molecule has 0 bridgehead atoms. The number of ketones is 1. The van der Waals surface area contributed by atoms with E-state index in [2.05, 4.69) is 0 Å². The van der Waals surface area contributed by atoms with Crippen molar-refractivity contribution >= 4 is 16.6 Å². The third-order valence-corrected chi connectivity index (χ3v) is 3.95. The summed E-state index contributed by atoms with van der Waals surface area (Å²) in [6.07, 6.45) is -4.59. The number of hydrogen-bond donors (Lipinski definition) is 4. The number of rotatable bonds is 3. The minimum Gasteiger partial charge on any atom is -0.394 e. The normalized spacial score (nSPS) is 31.5. The number of carbonyl (C=O) groups excluding carboxylic acids is 1. The molecule has 6 heteroatoms. The number of fused-ring (bicyclic) bond motifs is 1. The molecule has 1 unspecified atom stereocenters. The summed E-state index contributed by atoms with van der Waals surface area (Å²) < 4.78 is 5.01. The number of hydrogen-bond acceptors (Lipinski definition) is 6. The van der Waals surface area contributed by atoms with Gasteiger partial charge in [-0.15, -0.1) is 0 Å². The zero-order valence-electron chi connectivity index (χ0n) is 11.6. The molecule has 1 heterocycles. The number of carbonyl (C=O) groups is 1. The molecular formula is C16H16O6. The highest BCUT2D eigenvalue weighted by atomic mass is 16.7. The second-order valence-corrected chi connectivity index (χ2v) is 5.36. The maximum Gasteiger partial charge on any atom is 0.261 e. The predicted molar refractivity (Wildman–Crippen MR) is 77.2 cm³/mol. The van der Waals surface area contributed by atoms with Crippen LogP contribution in [0.5, 0.6) is 0 Å². The Morgan fingerprint density at radius 3 is 2.45 bits per heavy atom. The van der Waals surface area contributed by atoms with Crippen molar-refractivity contribution in [2.24, 2.45) is 0 Å². The maximum absolute atomic E-state index is 12.5. The molecule has 2 aromatic carbocycles. The Balaban J connectivity index is 1.98. The standard InChI is InChI=1S/C16H16O6/c17-8-12-13(18)15(20)16(21,22-12)14(19)11-6-5-9-3-1-2-4-10(9)7-11/h1-7,12-13,15,17-18,20-21H,8H2/t12-,13-,15-,16?/m1/s1. The van der Waals surface area contributed by atoms with Crippen LogP contribution in [0.25, 0.3) is 10.8 Å². The Hall–Kier alpha value is -1.83. The summed E-state index contributed by atoms with van der Waals surface area (Å²) in [6.45, 7) is -0.620. The van der Waals surface area contributed by atoms with Gasteiger partial charge in [-0.05, 0) is 16.8 Å². The molecule has 0 radical (unpaired) electrons. The molecule has 3 rings (SSSR count). The first-order valence-corrected chi connectivity index (χ1v) is 6.88. The fourth-order valence-electron chi connectivity index (χ4n) is 2.68. The van der Waals surface area contributed by atoms with Crippen molar-refractivity contribution in [3.63, 3.8) is 0 Å². The van der Waals surface area contributed by atoms with Gasteiger partial charge in [0, 0.05) is 5.56 Å². The van der Waals surface area contributed by atoms with Crippen LogP contribution in [0.15, 0.2) is 42.5 Å². The largest absolute Gasteiger partial charge is 0.394 e. The van der Waals surface area contributed by atoms with Gasteiger partial charge in [0.05, 0.1) is 6.61 Å². The molecule has 0 aliphatic carbocycles. The Labute approximate surface area is 126 Å². The predicted octanol–water partition coefficient (Wildman–Crippen LogP) is -0.176. The van der Waals surface area contributed by atoms with E-state index in [1.165, 1.54) is 6.07 Å². The second-order valence-electron chi connectivity index (χ2n) is 5.36. The summed E-state index contributed by atoms with van der Waals surface area (Å²) in [7, 11) is 0. The Bertz CT molecular complexity index is 715. The van der Waals surface area contributed by atoms with E-state index in [0.717, 1.165) is 10.8 Å². The average molecular weight is 304 g/mol. The summed E-state index contributed by atoms with van der Waals surface area (Å²) in [5.41, 5.74) is 0.144. The van der Waals surface area contributed by atoms with Crippen LogP contribution in [0.4, 0.5) is 0 Å². The van der Waals surface area contributed by atoms with Crippen LogP contribution in [-0.2, 0) is 4.74 Å². The molecule has 1 fully saturated rings. The minimum atomic E-state index is -2.57. The van der Waals surface area contributed by atoms with E-state index in [1.54, 1.807) is 12.1 Å². The van der Waals surface area contributed by atoms with Crippen LogP contribution in [0.2, 0.25) is 0 Å². The smallest absolute Gasteiger partial charge is 0.261 e. The number of benzene rings is 2. The number of Topliss-reactive ketones (excluding diaryl/α,β-unsaturated/α-hetero) is 1. The SMILES string of the molecule is O=C(c1ccc2ccccc2c1)C1(O)O[C@H](CO)[C@@H](O)[C@H]1O. The molecular weight excluding hydrogens is 288 g/mol. The lowest BCUT2D eigenvalue weighted by Gasteiger charge is -2.24. The van der Waals surface area contributed by atoms with Crippen molar-refractivity contribution in [1.82, 2.24) is 0 Å². The van der Waals surface area contributed by atoms with Gasteiger partial charge in [0.15, 0.2) is 0 Å². The molecule has 0 spiro atoms. The molecule has 1 aliphatic heterocycles. The van der Waals surface area contributed by atoms with E-state index in [9.17, 15) is 20.1 Å². The van der Waals surface area contributed by atoms with Crippen LogP contribution in [0.1, 0.15) is 10.4 Å². The highest BCUT2D eigenvalue weighted by Crippen LogP contribution is 2.32. The van der Waals surface area contributed by atoms with Crippen LogP contribution in [0.3, 0.4) is 0 Å². The van der Waals surface area contributed by atoms with E-state index >= 15 is 0 Å². The molecule has 4 atom stereocenters. The fraction of sp³-hybridized carbons (Fsp3) is 0.312. The quantitative estimate of drug-likeness (QED) is 0.586. The molecule has 1 saturated heterocycles. The molecule has 1 aliphatic rings. The van der Waals surface area contributed by atoms with E-state index in [0.29, 0.717) is 0 Å². The van der Waals surface area contributed by atoms with E-state index in [4.69, 9.17) is 9.84 Å². The summed E-state index contributed by atoms with van der Waals surface area (Å²) >= 11 is 0. The van der Waals surface area contributed by atoms with Crippen molar-refractivity contribution in [2.45, 2.75) is 24.1 Å². The topological polar surface area (TPSA) is 107 Å². The molecule has 0 aromatic heterocycles. The van der Waals surface area contributed by atoms with Crippen LogP contribution in [0, 0.1) is 0 Å². The first kappa shape index (κ1) is 15.1. The van der Waals surface area contributed by atoms with Crippen molar-refractivity contribution in [3.8, 4) is 0 Å². The highest BCUT2D eigenvalue weighted by Gasteiger charge is 2.57. The van der Waals surface area contributed by atoms with E-state index in [1.807, 2.05) is 24.3 Å². The van der Waals surface area contributed by atoms with E-state index < -0.39 is 36.5 Å². The molecule has 6 nitrogen and oxygen atoms in total. The molecule has 0 amide bonds. The first-order chi connectivity index (χ1) is 10.5. The zero-order chi connectivity index (χ0) is 15.9. The van der Waals surface area contributed by atoms with Gasteiger partial charge in [-0.25, -0.2) is 0 Å². The van der Waals surface area contributed by atoms with Gasteiger partial charge >= 0.3 is 0 Å². The third-order valence-electron chi connectivity index (χ3n) is 3.95. The lowest BCUT2D eigenvalue weighted by atomic mass is 9.95. The van der Waals surface area contributed by atoms with Crippen LogP contribution < -0.4 is 0 Å². The summed E-state index contributed by atoms with van der Waals surface area (Å²) in [6, 6.07) is 12.2. The average Bonchev–Trinajstić information content (AvgIpc) is 2.78. The van der Waals surface area contributed by atoms with Gasteiger partial charge in [-0.3, -0.25) is 4.79 Å². The lowest BCUT2D eigenvalue weighted by molar-refractivity contribution is -0.193. The number of ether oxygens (including phenoxy) is 1. The Kier molecular flexibility index (Phi) is 3.72.